The molecule has 9 nitrogen and oxygen atoms in total. The smallest absolute Gasteiger partial charge is 0.295 e. The van der Waals surface area contributed by atoms with Crippen LogP contribution in [0, 0.1) is 0 Å². The van der Waals surface area contributed by atoms with Crippen molar-refractivity contribution in [1.82, 2.24) is 4.90 Å². The number of amides is 1. The van der Waals surface area contributed by atoms with Gasteiger partial charge in [0.2, 0.25) is 5.75 Å². The van der Waals surface area contributed by atoms with Gasteiger partial charge in [-0.1, -0.05) is 0 Å². The minimum absolute atomic E-state index is 0.0458. The highest BCUT2D eigenvalue weighted by Gasteiger charge is 2.46. The molecular formula is C24H27NO8. The van der Waals surface area contributed by atoms with E-state index in [-0.39, 0.29) is 24.5 Å². The number of carbonyl (C=O) groups is 2. The van der Waals surface area contributed by atoms with Gasteiger partial charge in [-0.25, -0.2) is 0 Å². The Morgan fingerprint density at radius 1 is 0.909 bits per heavy atom. The predicted octanol–water partition coefficient (Wildman–Crippen LogP) is 2.79. The third-order valence-corrected chi connectivity index (χ3v) is 5.44. The van der Waals surface area contributed by atoms with Crippen LogP contribution in [0.4, 0.5) is 0 Å². The minimum Gasteiger partial charge on any atom is -0.507 e. The zero-order valence-electron chi connectivity index (χ0n) is 19.2. The molecule has 0 aliphatic carbocycles. The second kappa shape index (κ2) is 10.3. The number of ketones is 1. The molecule has 0 saturated carbocycles. The van der Waals surface area contributed by atoms with Crippen LogP contribution in [0.3, 0.4) is 0 Å². The first-order valence-corrected chi connectivity index (χ1v) is 10.1. The van der Waals surface area contributed by atoms with Crippen molar-refractivity contribution in [1.29, 1.82) is 0 Å². The number of carbonyl (C=O) groups excluding carboxylic acids is 2. The number of ether oxygens (including phenoxy) is 5. The number of Topliss-reactive ketones (excluding diaryl/α,β-unsaturated/α-hetero) is 1. The lowest BCUT2D eigenvalue weighted by Gasteiger charge is -2.26. The van der Waals surface area contributed by atoms with Crippen LogP contribution in [0.1, 0.15) is 17.2 Å². The molecule has 1 amide bonds. The first-order valence-electron chi connectivity index (χ1n) is 10.1. The Kier molecular flexibility index (Phi) is 7.44. The van der Waals surface area contributed by atoms with E-state index in [1.165, 1.54) is 40.4 Å². The fourth-order valence-electron chi connectivity index (χ4n) is 3.81. The summed E-state index contributed by atoms with van der Waals surface area (Å²) in [6.07, 6.45) is 0. The molecule has 1 saturated heterocycles. The zero-order chi connectivity index (χ0) is 24.1. The summed E-state index contributed by atoms with van der Waals surface area (Å²) in [7, 11) is 7.46. The predicted molar refractivity (Wildman–Crippen MR) is 120 cm³/mol. The summed E-state index contributed by atoms with van der Waals surface area (Å²) < 4.78 is 26.6. The van der Waals surface area contributed by atoms with E-state index in [4.69, 9.17) is 23.7 Å². The average molecular weight is 457 g/mol. The maximum Gasteiger partial charge on any atom is 0.295 e. The monoisotopic (exact) mass is 457 g/mol. The third kappa shape index (κ3) is 4.45. The van der Waals surface area contributed by atoms with E-state index >= 15 is 0 Å². The van der Waals surface area contributed by atoms with Gasteiger partial charge in [0.1, 0.15) is 11.5 Å². The Morgan fingerprint density at radius 3 is 2.00 bits per heavy atom. The topological polar surface area (TPSA) is 104 Å². The quantitative estimate of drug-likeness (QED) is 0.348. The molecule has 2 aromatic rings. The normalized spacial score (nSPS) is 17.2. The van der Waals surface area contributed by atoms with Crippen LogP contribution in [0.2, 0.25) is 0 Å². The molecule has 2 aromatic carbocycles. The van der Waals surface area contributed by atoms with Crippen LogP contribution in [0.5, 0.6) is 23.0 Å². The molecule has 3 rings (SSSR count). The largest absolute Gasteiger partial charge is 0.507 e. The molecule has 1 fully saturated rings. The number of rotatable bonds is 9. The summed E-state index contributed by atoms with van der Waals surface area (Å²) in [5.74, 6) is -0.156. The molecule has 0 radical (unpaired) electrons. The molecule has 1 aliphatic heterocycles. The molecule has 9 heteroatoms. The van der Waals surface area contributed by atoms with Crippen molar-refractivity contribution in [2.75, 3.05) is 48.7 Å². The Labute approximate surface area is 192 Å². The van der Waals surface area contributed by atoms with Gasteiger partial charge in [-0.05, 0) is 42.0 Å². The lowest BCUT2D eigenvalue weighted by molar-refractivity contribution is -0.140. The van der Waals surface area contributed by atoms with E-state index in [0.29, 0.717) is 34.1 Å². The molecule has 0 spiro atoms. The summed E-state index contributed by atoms with van der Waals surface area (Å²) in [6.45, 7) is 0.346. The van der Waals surface area contributed by atoms with E-state index < -0.39 is 17.7 Å². The van der Waals surface area contributed by atoms with Gasteiger partial charge in [0, 0.05) is 19.2 Å². The van der Waals surface area contributed by atoms with Gasteiger partial charge >= 0.3 is 0 Å². The third-order valence-electron chi connectivity index (χ3n) is 5.44. The van der Waals surface area contributed by atoms with E-state index in [9.17, 15) is 14.7 Å². The molecule has 0 bridgehead atoms. The summed E-state index contributed by atoms with van der Waals surface area (Å²) in [5, 5.41) is 11.1. The number of likely N-dealkylation sites (tertiary alicyclic amines) is 1. The van der Waals surface area contributed by atoms with Crippen LogP contribution in [0.15, 0.2) is 42.0 Å². The van der Waals surface area contributed by atoms with Crippen molar-refractivity contribution in [3.05, 3.63) is 53.1 Å². The highest BCUT2D eigenvalue weighted by atomic mass is 16.5. The lowest BCUT2D eigenvalue weighted by Crippen LogP contribution is -2.32. The molecule has 0 aromatic heterocycles. The Bertz CT molecular complexity index is 1040. The van der Waals surface area contributed by atoms with Crippen molar-refractivity contribution in [2.45, 2.75) is 6.04 Å². The maximum absolute atomic E-state index is 13.1. The number of aliphatic hydroxyl groups is 1. The molecule has 1 aliphatic rings. The number of aliphatic hydroxyl groups excluding tert-OH is 1. The summed E-state index contributed by atoms with van der Waals surface area (Å²) in [5.41, 5.74) is 0.836. The van der Waals surface area contributed by atoms with Crippen molar-refractivity contribution in [3.8, 4) is 23.0 Å². The summed E-state index contributed by atoms with van der Waals surface area (Å²) in [6, 6.07) is 8.95. The van der Waals surface area contributed by atoms with Crippen molar-refractivity contribution in [3.63, 3.8) is 0 Å². The first-order chi connectivity index (χ1) is 15.9. The molecule has 1 heterocycles. The summed E-state index contributed by atoms with van der Waals surface area (Å²) in [4.78, 5) is 27.4. The van der Waals surface area contributed by atoms with Crippen LogP contribution >= 0.6 is 0 Å². The molecular weight excluding hydrogens is 430 g/mol. The number of nitrogens with zero attached hydrogens (tertiary/aromatic N) is 1. The van der Waals surface area contributed by atoms with Crippen LogP contribution in [-0.4, -0.2) is 70.4 Å². The highest BCUT2D eigenvalue weighted by molar-refractivity contribution is 6.46. The molecule has 1 N–H and O–H groups in total. The highest BCUT2D eigenvalue weighted by Crippen LogP contribution is 2.45. The Balaban J connectivity index is 2.23. The zero-order valence-corrected chi connectivity index (χ0v) is 19.2. The number of benzene rings is 2. The van der Waals surface area contributed by atoms with Gasteiger partial charge in [-0.15, -0.1) is 0 Å². The van der Waals surface area contributed by atoms with Crippen LogP contribution in [0.25, 0.3) is 5.76 Å². The lowest BCUT2D eigenvalue weighted by atomic mass is 9.94. The molecule has 1 atom stereocenters. The molecule has 0 unspecified atom stereocenters. The van der Waals surface area contributed by atoms with Gasteiger partial charge in [-0.3, -0.25) is 9.59 Å². The van der Waals surface area contributed by atoms with E-state index in [1.54, 1.807) is 36.4 Å². The molecule has 176 valence electrons. The van der Waals surface area contributed by atoms with Gasteiger partial charge in [-0.2, -0.15) is 0 Å². The van der Waals surface area contributed by atoms with Gasteiger partial charge in [0.05, 0.1) is 46.7 Å². The first kappa shape index (κ1) is 23.9. The number of methoxy groups -OCH3 is 5. The van der Waals surface area contributed by atoms with Crippen molar-refractivity contribution >= 4 is 17.4 Å². The van der Waals surface area contributed by atoms with Gasteiger partial charge in [0.25, 0.3) is 11.7 Å². The van der Waals surface area contributed by atoms with Gasteiger partial charge in [0.15, 0.2) is 11.5 Å². The maximum atomic E-state index is 13.1. The van der Waals surface area contributed by atoms with E-state index in [1.807, 2.05) is 0 Å². The Hall–Kier alpha value is -3.72. The number of hydrogen-bond acceptors (Lipinski definition) is 8. The molecule has 33 heavy (non-hydrogen) atoms. The van der Waals surface area contributed by atoms with Crippen LogP contribution < -0.4 is 18.9 Å². The van der Waals surface area contributed by atoms with Crippen molar-refractivity contribution in [2.24, 2.45) is 0 Å². The standard InChI is InChI=1S/C24H27NO8/c1-29-11-10-25-20(15-12-17(31-3)23(33-5)18(13-15)32-4)19(22(27)24(25)28)21(26)14-6-8-16(30-2)9-7-14/h6-9,12-13,20,26H,10-11H2,1-5H3/t20-/m1/s1. The number of hydrogen-bond donors (Lipinski definition) is 1. The average Bonchev–Trinajstić information content (AvgIpc) is 3.10. The van der Waals surface area contributed by atoms with Crippen molar-refractivity contribution < 1.29 is 38.4 Å². The second-order valence-electron chi connectivity index (χ2n) is 7.17. The Morgan fingerprint density at radius 2 is 1.52 bits per heavy atom. The minimum atomic E-state index is -0.893. The fraction of sp³-hybridized carbons (Fsp3) is 0.333. The van der Waals surface area contributed by atoms with E-state index in [2.05, 4.69) is 0 Å². The fourth-order valence-corrected chi connectivity index (χ4v) is 3.81. The second-order valence-corrected chi connectivity index (χ2v) is 7.17. The van der Waals surface area contributed by atoms with Gasteiger partial charge < -0.3 is 33.7 Å². The summed E-state index contributed by atoms with van der Waals surface area (Å²) >= 11 is 0. The van der Waals surface area contributed by atoms with Crippen LogP contribution in [-0.2, 0) is 14.3 Å². The van der Waals surface area contributed by atoms with E-state index in [0.717, 1.165) is 0 Å². The SMILES string of the molecule is COCCN1C(=O)C(=O)C(=C(O)c2ccc(OC)cc2)[C@H]1c1cc(OC)c(OC)c(OC)c1.